The Labute approximate surface area is 140 Å². The molecule has 0 saturated carbocycles. The molecule has 2 N–H and O–H groups in total. The lowest BCUT2D eigenvalue weighted by molar-refractivity contribution is -0.122. The Bertz CT molecular complexity index is 495. The van der Waals surface area contributed by atoms with Crippen LogP contribution in [-0.4, -0.2) is 38.0 Å². The Morgan fingerprint density at radius 2 is 2.00 bits per heavy atom. The lowest BCUT2D eigenvalue weighted by Gasteiger charge is -2.27. The predicted molar refractivity (Wildman–Crippen MR) is 95.1 cm³/mol. The highest BCUT2D eigenvalue weighted by Gasteiger charge is 2.21. The van der Waals surface area contributed by atoms with E-state index in [1.165, 1.54) is 24.0 Å². The first-order valence-electron chi connectivity index (χ1n) is 8.74. The maximum atomic E-state index is 12.2. The zero-order valence-corrected chi connectivity index (χ0v) is 14.8. The average Bonchev–Trinajstić information content (AvgIpc) is 2.53. The fourth-order valence-electron chi connectivity index (χ4n) is 3.35. The third-order valence-electron chi connectivity index (χ3n) is 4.68. The summed E-state index contributed by atoms with van der Waals surface area (Å²) in [6, 6.07) is 8.45. The number of hydrogen-bond acceptors (Lipinski definition) is 3. The molecule has 4 nitrogen and oxygen atoms in total. The molecule has 1 aliphatic rings. The van der Waals surface area contributed by atoms with E-state index < -0.39 is 0 Å². The Morgan fingerprint density at radius 3 is 2.70 bits per heavy atom. The van der Waals surface area contributed by atoms with Crippen molar-refractivity contribution in [2.45, 2.75) is 39.3 Å². The van der Waals surface area contributed by atoms with E-state index in [0.717, 1.165) is 19.6 Å². The second-order valence-electron chi connectivity index (χ2n) is 7.10. The summed E-state index contributed by atoms with van der Waals surface area (Å²) < 4.78 is 0. The van der Waals surface area contributed by atoms with Gasteiger partial charge in [0.05, 0.1) is 0 Å². The van der Waals surface area contributed by atoms with Gasteiger partial charge in [-0.3, -0.25) is 4.79 Å². The van der Waals surface area contributed by atoms with Gasteiger partial charge in [0.15, 0.2) is 0 Å². The van der Waals surface area contributed by atoms with Gasteiger partial charge in [0.2, 0.25) is 5.91 Å². The zero-order valence-electron chi connectivity index (χ0n) is 14.8. The molecule has 1 atom stereocenters. The summed E-state index contributed by atoms with van der Waals surface area (Å²) in [7, 11) is 4.13. The first-order valence-corrected chi connectivity index (χ1v) is 8.74. The molecule has 1 aliphatic heterocycles. The number of carbonyl (C=O) groups is 1. The minimum atomic E-state index is 0.175. The summed E-state index contributed by atoms with van der Waals surface area (Å²) in [6.45, 7) is 5.95. The van der Waals surface area contributed by atoms with E-state index in [4.69, 9.17) is 0 Å². The van der Waals surface area contributed by atoms with Crippen LogP contribution in [0.25, 0.3) is 0 Å². The molecule has 1 saturated heterocycles. The van der Waals surface area contributed by atoms with Crippen molar-refractivity contribution < 1.29 is 4.79 Å². The van der Waals surface area contributed by atoms with Gasteiger partial charge in [0, 0.05) is 19.5 Å². The SMILES string of the molecule is CC(CC(=O)NCc1cccc(CN(C)C)c1)C1CCNCC1. The highest BCUT2D eigenvalue weighted by atomic mass is 16.1. The van der Waals surface area contributed by atoms with Gasteiger partial charge < -0.3 is 15.5 Å². The van der Waals surface area contributed by atoms with Gasteiger partial charge in [-0.05, 0) is 63.0 Å². The van der Waals surface area contributed by atoms with Crippen LogP contribution in [0.5, 0.6) is 0 Å². The Kier molecular flexibility index (Phi) is 7.06. The van der Waals surface area contributed by atoms with Crippen LogP contribution >= 0.6 is 0 Å². The third-order valence-corrected chi connectivity index (χ3v) is 4.68. The molecule has 128 valence electrons. The van der Waals surface area contributed by atoms with E-state index >= 15 is 0 Å². The van der Waals surface area contributed by atoms with E-state index in [-0.39, 0.29) is 5.91 Å². The van der Waals surface area contributed by atoms with Gasteiger partial charge in [0.1, 0.15) is 0 Å². The largest absolute Gasteiger partial charge is 0.352 e. The maximum Gasteiger partial charge on any atom is 0.220 e. The van der Waals surface area contributed by atoms with Crippen LogP contribution in [0.2, 0.25) is 0 Å². The highest BCUT2D eigenvalue weighted by molar-refractivity contribution is 5.76. The van der Waals surface area contributed by atoms with Crippen molar-refractivity contribution in [3.63, 3.8) is 0 Å². The second-order valence-corrected chi connectivity index (χ2v) is 7.10. The summed E-state index contributed by atoms with van der Waals surface area (Å²) in [5, 5.41) is 6.47. The van der Waals surface area contributed by atoms with Gasteiger partial charge in [0.25, 0.3) is 0 Å². The number of piperidine rings is 1. The molecule has 1 fully saturated rings. The number of nitrogens with one attached hydrogen (secondary N) is 2. The molecule has 4 heteroatoms. The zero-order chi connectivity index (χ0) is 16.7. The van der Waals surface area contributed by atoms with Gasteiger partial charge in [-0.2, -0.15) is 0 Å². The second kappa shape index (κ2) is 9.04. The first kappa shape index (κ1) is 18.0. The highest BCUT2D eigenvalue weighted by Crippen LogP contribution is 2.24. The molecule has 1 unspecified atom stereocenters. The standard InChI is InChI=1S/C19H31N3O/c1-15(18-7-9-20-10-8-18)11-19(23)21-13-16-5-4-6-17(12-16)14-22(2)3/h4-6,12,15,18,20H,7-11,13-14H2,1-3H3,(H,21,23). The van der Waals surface area contributed by atoms with E-state index in [9.17, 15) is 4.79 Å². The first-order chi connectivity index (χ1) is 11.0. The number of amides is 1. The van der Waals surface area contributed by atoms with Gasteiger partial charge in [-0.25, -0.2) is 0 Å². The Balaban J connectivity index is 1.77. The van der Waals surface area contributed by atoms with Crippen molar-refractivity contribution in [3.05, 3.63) is 35.4 Å². The van der Waals surface area contributed by atoms with E-state index in [2.05, 4.69) is 60.8 Å². The molecule has 1 heterocycles. The van der Waals surface area contributed by atoms with Gasteiger partial charge in [-0.1, -0.05) is 31.2 Å². The summed E-state index contributed by atoms with van der Waals surface area (Å²) in [4.78, 5) is 14.3. The van der Waals surface area contributed by atoms with Crippen molar-refractivity contribution in [3.8, 4) is 0 Å². The van der Waals surface area contributed by atoms with Crippen molar-refractivity contribution in [1.82, 2.24) is 15.5 Å². The monoisotopic (exact) mass is 317 g/mol. The summed E-state index contributed by atoms with van der Waals surface area (Å²) >= 11 is 0. The van der Waals surface area contributed by atoms with Crippen molar-refractivity contribution >= 4 is 5.91 Å². The number of hydrogen-bond donors (Lipinski definition) is 2. The maximum absolute atomic E-state index is 12.2. The van der Waals surface area contributed by atoms with E-state index in [1.54, 1.807) is 0 Å². The van der Waals surface area contributed by atoms with Crippen LogP contribution in [0.4, 0.5) is 0 Å². The molecule has 1 amide bonds. The van der Waals surface area contributed by atoms with Crippen molar-refractivity contribution in [2.24, 2.45) is 11.8 Å². The smallest absolute Gasteiger partial charge is 0.220 e. The molecular formula is C19H31N3O. The van der Waals surface area contributed by atoms with Crippen LogP contribution in [0.1, 0.15) is 37.3 Å². The Hall–Kier alpha value is -1.39. The molecule has 0 aliphatic carbocycles. The lowest BCUT2D eigenvalue weighted by atomic mass is 9.84. The van der Waals surface area contributed by atoms with Gasteiger partial charge >= 0.3 is 0 Å². The number of benzene rings is 1. The van der Waals surface area contributed by atoms with Crippen LogP contribution in [0.15, 0.2) is 24.3 Å². The molecule has 1 aromatic carbocycles. The quantitative estimate of drug-likeness (QED) is 0.811. The topological polar surface area (TPSA) is 44.4 Å². The van der Waals surface area contributed by atoms with E-state index in [1.807, 2.05) is 0 Å². The number of rotatable bonds is 7. The van der Waals surface area contributed by atoms with Crippen LogP contribution in [0, 0.1) is 11.8 Å². The molecule has 0 spiro atoms. The minimum Gasteiger partial charge on any atom is -0.352 e. The summed E-state index contributed by atoms with van der Waals surface area (Å²) in [5.41, 5.74) is 2.46. The normalized spacial score (nSPS) is 17.2. The Morgan fingerprint density at radius 1 is 1.30 bits per heavy atom. The molecule has 23 heavy (non-hydrogen) atoms. The predicted octanol–water partition coefficient (Wildman–Crippen LogP) is 2.39. The number of nitrogens with zero attached hydrogens (tertiary/aromatic N) is 1. The van der Waals surface area contributed by atoms with E-state index in [0.29, 0.717) is 24.8 Å². The molecule has 2 rings (SSSR count). The van der Waals surface area contributed by atoms with Crippen LogP contribution in [0.3, 0.4) is 0 Å². The molecule has 1 aromatic rings. The summed E-state index contributed by atoms with van der Waals surface area (Å²) in [6.07, 6.45) is 3.03. The van der Waals surface area contributed by atoms with Crippen LogP contribution < -0.4 is 10.6 Å². The van der Waals surface area contributed by atoms with Crippen molar-refractivity contribution in [1.29, 1.82) is 0 Å². The fraction of sp³-hybridized carbons (Fsp3) is 0.632. The molecule has 0 radical (unpaired) electrons. The average molecular weight is 317 g/mol. The van der Waals surface area contributed by atoms with Crippen molar-refractivity contribution in [2.75, 3.05) is 27.2 Å². The molecule has 0 bridgehead atoms. The third kappa shape index (κ3) is 6.32. The van der Waals surface area contributed by atoms with Crippen LogP contribution in [-0.2, 0) is 17.9 Å². The van der Waals surface area contributed by atoms with Gasteiger partial charge in [-0.15, -0.1) is 0 Å². The lowest BCUT2D eigenvalue weighted by Crippen LogP contribution is -2.33. The fourth-order valence-corrected chi connectivity index (χ4v) is 3.35. The molecular weight excluding hydrogens is 286 g/mol. The summed E-state index contributed by atoms with van der Waals surface area (Å²) in [5.74, 6) is 1.33. The minimum absolute atomic E-state index is 0.175. The molecule has 0 aromatic heterocycles. The number of carbonyl (C=O) groups excluding carboxylic acids is 1.